The first kappa shape index (κ1) is 10.3. The molecular formula is C15H13N. The van der Waals surface area contributed by atoms with Gasteiger partial charge in [-0.2, -0.15) is 0 Å². The van der Waals surface area contributed by atoms with E-state index in [0.717, 1.165) is 22.4 Å². The molecule has 0 atom stereocenters. The minimum atomic E-state index is 0.810. The van der Waals surface area contributed by atoms with E-state index in [2.05, 4.69) is 11.8 Å². The maximum atomic E-state index is 5.75. The predicted octanol–water partition coefficient (Wildman–Crippen LogP) is 2.98. The van der Waals surface area contributed by atoms with Crippen molar-refractivity contribution in [3.8, 4) is 11.8 Å². The predicted molar refractivity (Wildman–Crippen MR) is 68.0 cm³/mol. The summed E-state index contributed by atoms with van der Waals surface area (Å²) >= 11 is 0. The molecule has 0 heterocycles. The van der Waals surface area contributed by atoms with Crippen molar-refractivity contribution in [1.82, 2.24) is 0 Å². The molecule has 0 spiro atoms. The Bertz CT molecular complexity index is 545. The summed E-state index contributed by atoms with van der Waals surface area (Å²) in [6.07, 6.45) is 0. The molecule has 0 aliphatic rings. The Balaban J connectivity index is 2.28. The largest absolute Gasteiger partial charge is 0.399 e. The maximum absolute atomic E-state index is 5.75. The van der Waals surface area contributed by atoms with Gasteiger partial charge in [0.1, 0.15) is 0 Å². The fourth-order valence-electron chi connectivity index (χ4n) is 1.42. The van der Waals surface area contributed by atoms with Gasteiger partial charge in [0.2, 0.25) is 0 Å². The molecule has 0 saturated carbocycles. The highest BCUT2D eigenvalue weighted by atomic mass is 14.5. The van der Waals surface area contributed by atoms with Crippen molar-refractivity contribution < 1.29 is 0 Å². The van der Waals surface area contributed by atoms with Gasteiger partial charge in [-0.25, -0.2) is 0 Å². The average Bonchev–Trinajstić information content (AvgIpc) is 2.32. The Morgan fingerprint density at radius 2 is 1.56 bits per heavy atom. The number of nitrogen functional groups attached to an aromatic ring is 1. The van der Waals surface area contributed by atoms with Crippen LogP contribution in [0.3, 0.4) is 0 Å². The fourth-order valence-corrected chi connectivity index (χ4v) is 1.42. The summed E-state index contributed by atoms with van der Waals surface area (Å²) in [5, 5.41) is 0. The number of anilines is 1. The second kappa shape index (κ2) is 4.55. The summed E-state index contributed by atoms with van der Waals surface area (Å²) in [6.45, 7) is 1.99. The van der Waals surface area contributed by atoms with Crippen molar-refractivity contribution in [2.75, 3.05) is 5.73 Å². The minimum Gasteiger partial charge on any atom is -0.399 e. The molecule has 1 nitrogen and oxygen atoms in total. The van der Waals surface area contributed by atoms with E-state index in [4.69, 9.17) is 5.73 Å². The number of benzene rings is 2. The van der Waals surface area contributed by atoms with Crippen LogP contribution < -0.4 is 5.73 Å². The van der Waals surface area contributed by atoms with E-state index in [1.54, 1.807) is 0 Å². The maximum Gasteiger partial charge on any atom is 0.0344 e. The van der Waals surface area contributed by atoms with Gasteiger partial charge in [0.05, 0.1) is 0 Å². The lowest BCUT2D eigenvalue weighted by Crippen LogP contribution is -1.89. The summed E-state index contributed by atoms with van der Waals surface area (Å²) in [5.74, 6) is 6.24. The van der Waals surface area contributed by atoms with Crippen molar-refractivity contribution >= 4 is 5.69 Å². The molecule has 16 heavy (non-hydrogen) atoms. The standard InChI is InChI=1S/C15H13N/c1-12-11-14(9-10-15(12)16)8-7-13-5-3-2-4-6-13/h2-6,9-11H,16H2,1H3. The molecule has 0 aromatic heterocycles. The summed E-state index contributed by atoms with van der Waals surface area (Å²) in [5.41, 5.74) is 9.65. The Labute approximate surface area is 95.9 Å². The molecule has 0 aliphatic heterocycles. The van der Waals surface area contributed by atoms with Crippen LogP contribution in [0.5, 0.6) is 0 Å². The van der Waals surface area contributed by atoms with Gasteiger partial charge in [0.15, 0.2) is 0 Å². The number of rotatable bonds is 0. The molecule has 0 unspecified atom stereocenters. The fraction of sp³-hybridized carbons (Fsp3) is 0.0667. The van der Waals surface area contributed by atoms with E-state index in [1.165, 1.54) is 0 Å². The van der Waals surface area contributed by atoms with Gasteiger partial charge in [-0.15, -0.1) is 0 Å². The van der Waals surface area contributed by atoms with Crippen molar-refractivity contribution in [2.45, 2.75) is 6.92 Å². The van der Waals surface area contributed by atoms with E-state index in [1.807, 2.05) is 55.5 Å². The van der Waals surface area contributed by atoms with Crippen LogP contribution in [-0.2, 0) is 0 Å². The third kappa shape index (κ3) is 2.43. The van der Waals surface area contributed by atoms with Gasteiger partial charge in [0.25, 0.3) is 0 Å². The molecule has 78 valence electrons. The first-order valence-corrected chi connectivity index (χ1v) is 5.19. The number of aryl methyl sites for hydroxylation is 1. The lowest BCUT2D eigenvalue weighted by molar-refractivity contribution is 1.45. The molecule has 0 radical (unpaired) electrons. The quantitative estimate of drug-likeness (QED) is 0.521. The zero-order chi connectivity index (χ0) is 11.4. The van der Waals surface area contributed by atoms with Crippen LogP contribution in [0.2, 0.25) is 0 Å². The molecule has 0 saturated heterocycles. The summed E-state index contributed by atoms with van der Waals surface area (Å²) < 4.78 is 0. The monoisotopic (exact) mass is 207 g/mol. The van der Waals surface area contributed by atoms with Crippen LogP contribution in [0.15, 0.2) is 48.5 Å². The Morgan fingerprint density at radius 1 is 0.875 bits per heavy atom. The zero-order valence-electron chi connectivity index (χ0n) is 9.20. The van der Waals surface area contributed by atoms with Gasteiger partial charge in [-0.3, -0.25) is 0 Å². The second-order valence-electron chi connectivity index (χ2n) is 3.69. The van der Waals surface area contributed by atoms with Gasteiger partial charge >= 0.3 is 0 Å². The van der Waals surface area contributed by atoms with Crippen LogP contribution in [0.25, 0.3) is 0 Å². The van der Waals surface area contributed by atoms with Crippen molar-refractivity contribution in [3.05, 3.63) is 65.2 Å². The molecular weight excluding hydrogens is 194 g/mol. The number of nitrogens with two attached hydrogens (primary N) is 1. The van der Waals surface area contributed by atoms with Crippen LogP contribution in [-0.4, -0.2) is 0 Å². The smallest absolute Gasteiger partial charge is 0.0344 e. The highest BCUT2D eigenvalue weighted by molar-refractivity contribution is 5.52. The number of hydrogen-bond donors (Lipinski definition) is 1. The van der Waals surface area contributed by atoms with Crippen molar-refractivity contribution in [1.29, 1.82) is 0 Å². The van der Waals surface area contributed by atoms with Crippen LogP contribution in [0.4, 0.5) is 5.69 Å². The van der Waals surface area contributed by atoms with Gasteiger partial charge in [0, 0.05) is 16.8 Å². The molecule has 2 aromatic rings. The van der Waals surface area contributed by atoms with Crippen molar-refractivity contribution in [3.63, 3.8) is 0 Å². The molecule has 2 rings (SSSR count). The third-order valence-electron chi connectivity index (χ3n) is 2.39. The molecule has 2 N–H and O–H groups in total. The van der Waals surface area contributed by atoms with E-state index in [-0.39, 0.29) is 0 Å². The van der Waals surface area contributed by atoms with Crippen LogP contribution >= 0.6 is 0 Å². The SMILES string of the molecule is Cc1cc(C#Cc2ccccc2)ccc1N. The van der Waals surface area contributed by atoms with Gasteiger partial charge < -0.3 is 5.73 Å². The second-order valence-corrected chi connectivity index (χ2v) is 3.69. The highest BCUT2D eigenvalue weighted by Gasteiger charge is 1.93. The topological polar surface area (TPSA) is 26.0 Å². The Morgan fingerprint density at radius 3 is 2.25 bits per heavy atom. The third-order valence-corrected chi connectivity index (χ3v) is 2.39. The van der Waals surface area contributed by atoms with Crippen LogP contribution in [0.1, 0.15) is 16.7 Å². The molecule has 2 aromatic carbocycles. The molecule has 0 fully saturated rings. The minimum absolute atomic E-state index is 0.810. The molecule has 1 heteroatoms. The van der Waals surface area contributed by atoms with E-state index >= 15 is 0 Å². The van der Waals surface area contributed by atoms with Gasteiger partial charge in [-0.1, -0.05) is 30.0 Å². The van der Waals surface area contributed by atoms with E-state index in [0.29, 0.717) is 0 Å². The first-order valence-electron chi connectivity index (χ1n) is 5.19. The summed E-state index contributed by atoms with van der Waals surface area (Å²) in [4.78, 5) is 0. The van der Waals surface area contributed by atoms with Crippen LogP contribution in [0, 0.1) is 18.8 Å². The average molecular weight is 207 g/mol. The van der Waals surface area contributed by atoms with Gasteiger partial charge in [-0.05, 0) is 42.8 Å². The Hall–Kier alpha value is -2.20. The summed E-state index contributed by atoms with van der Waals surface area (Å²) in [7, 11) is 0. The molecule has 0 amide bonds. The van der Waals surface area contributed by atoms with E-state index in [9.17, 15) is 0 Å². The Kier molecular flexibility index (Phi) is 2.93. The first-order chi connectivity index (χ1) is 7.75. The molecule has 0 aliphatic carbocycles. The highest BCUT2D eigenvalue weighted by Crippen LogP contribution is 2.11. The zero-order valence-corrected chi connectivity index (χ0v) is 9.20. The lowest BCUT2D eigenvalue weighted by Gasteiger charge is -1.98. The number of hydrogen-bond acceptors (Lipinski definition) is 1. The van der Waals surface area contributed by atoms with Crippen molar-refractivity contribution in [2.24, 2.45) is 0 Å². The normalized spacial score (nSPS) is 9.31. The van der Waals surface area contributed by atoms with E-state index < -0.39 is 0 Å². The lowest BCUT2D eigenvalue weighted by atomic mass is 10.1. The molecule has 0 bridgehead atoms. The summed E-state index contributed by atoms with van der Waals surface area (Å²) in [6, 6.07) is 15.8.